The molecule has 0 amide bonds. The Morgan fingerprint density at radius 3 is 2.47 bits per heavy atom. The van der Waals surface area contributed by atoms with Gasteiger partial charge in [-0.1, -0.05) is 37.1 Å². The second-order valence-corrected chi connectivity index (χ2v) is 5.14. The summed E-state index contributed by atoms with van der Waals surface area (Å²) in [5.41, 5.74) is 7.29. The first-order valence-corrected chi connectivity index (χ1v) is 6.68. The first-order chi connectivity index (χ1) is 8.11. The molecule has 0 aliphatic carbocycles. The third-order valence-corrected chi connectivity index (χ3v) is 3.16. The lowest BCUT2D eigenvalue weighted by Gasteiger charge is -2.19. The van der Waals surface area contributed by atoms with E-state index in [4.69, 9.17) is 17.3 Å². The lowest BCUT2D eigenvalue weighted by molar-refractivity contribution is 0.307. The van der Waals surface area contributed by atoms with Crippen LogP contribution in [0, 0.1) is 0 Å². The van der Waals surface area contributed by atoms with Crippen molar-refractivity contribution in [2.24, 2.45) is 5.73 Å². The maximum Gasteiger partial charge on any atom is 0.0406 e. The van der Waals surface area contributed by atoms with E-state index in [0.717, 1.165) is 31.0 Å². The summed E-state index contributed by atoms with van der Waals surface area (Å²) in [4.78, 5) is 2.30. The molecule has 0 aliphatic heterocycles. The van der Waals surface area contributed by atoms with Crippen molar-refractivity contribution in [1.82, 2.24) is 4.90 Å². The molecule has 0 saturated heterocycles. The highest BCUT2D eigenvalue weighted by Crippen LogP contribution is 2.11. The normalized spacial score (nSPS) is 13.0. The number of halogens is 1. The van der Waals surface area contributed by atoms with E-state index >= 15 is 0 Å². The Morgan fingerprint density at radius 2 is 1.88 bits per heavy atom. The second kappa shape index (κ2) is 7.70. The molecule has 17 heavy (non-hydrogen) atoms. The third-order valence-electron chi connectivity index (χ3n) is 2.91. The van der Waals surface area contributed by atoms with Gasteiger partial charge in [0.05, 0.1) is 0 Å². The summed E-state index contributed by atoms with van der Waals surface area (Å²) in [5, 5.41) is 0.793. The average Bonchev–Trinajstić information content (AvgIpc) is 2.30. The maximum atomic E-state index is 6.00. The molecule has 0 radical (unpaired) electrons. The summed E-state index contributed by atoms with van der Waals surface area (Å²) >= 11 is 5.86. The fourth-order valence-electron chi connectivity index (χ4n) is 1.88. The van der Waals surface area contributed by atoms with Crippen LogP contribution in [0.15, 0.2) is 24.3 Å². The van der Waals surface area contributed by atoms with Crippen LogP contribution in [-0.2, 0) is 6.54 Å². The largest absolute Gasteiger partial charge is 0.328 e. The molecule has 0 spiro atoms. The smallest absolute Gasteiger partial charge is 0.0406 e. The number of hydrogen-bond acceptors (Lipinski definition) is 2. The minimum Gasteiger partial charge on any atom is -0.328 e. The summed E-state index contributed by atoms with van der Waals surface area (Å²) in [6.45, 7) is 4.18. The fourth-order valence-corrected chi connectivity index (χ4v) is 2.01. The van der Waals surface area contributed by atoms with Gasteiger partial charge in [0.25, 0.3) is 0 Å². The number of hydrogen-bond donors (Lipinski definition) is 1. The van der Waals surface area contributed by atoms with Crippen molar-refractivity contribution in [1.29, 1.82) is 0 Å². The van der Waals surface area contributed by atoms with Crippen molar-refractivity contribution < 1.29 is 0 Å². The molecule has 0 fully saturated rings. The number of rotatable bonds is 7. The average molecular weight is 255 g/mol. The molecule has 1 aromatic rings. The number of nitrogens with zero attached hydrogens (tertiary/aromatic N) is 1. The molecule has 0 heterocycles. The van der Waals surface area contributed by atoms with Crippen molar-refractivity contribution in [3.05, 3.63) is 34.9 Å². The van der Waals surface area contributed by atoms with Gasteiger partial charge in [-0.05, 0) is 44.1 Å². The molecule has 3 heteroatoms. The summed E-state index contributed by atoms with van der Waals surface area (Å²) in [6.07, 6.45) is 3.36. The van der Waals surface area contributed by atoms with E-state index in [1.807, 2.05) is 12.1 Å². The molecule has 0 aromatic heterocycles. The Morgan fingerprint density at radius 1 is 1.24 bits per heavy atom. The van der Waals surface area contributed by atoms with Crippen molar-refractivity contribution in [3.63, 3.8) is 0 Å². The van der Waals surface area contributed by atoms with E-state index in [2.05, 4.69) is 31.0 Å². The molecular weight excluding hydrogens is 232 g/mol. The van der Waals surface area contributed by atoms with Gasteiger partial charge in [0.15, 0.2) is 0 Å². The quantitative estimate of drug-likeness (QED) is 0.809. The predicted molar refractivity (Wildman–Crippen MR) is 75.3 cm³/mol. The van der Waals surface area contributed by atoms with Gasteiger partial charge >= 0.3 is 0 Å². The van der Waals surface area contributed by atoms with Crippen molar-refractivity contribution >= 4 is 11.6 Å². The fraction of sp³-hybridized carbons (Fsp3) is 0.571. The van der Waals surface area contributed by atoms with Gasteiger partial charge in [-0.2, -0.15) is 0 Å². The maximum absolute atomic E-state index is 6.00. The number of benzene rings is 1. The molecule has 1 rings (SSSR count). The molecule has 0 saturated carbocycles. The number of nitrogens with two attached hydrogens (primary N) is 1. The minimum absolute atomic E-state index is 0.340. The molecule has 1 unspecified atom stereocenters. The second-order valence-electron chi connectivity index (χ2n) is 4.70. The predicted octanol–water partition coefficient (Wildman–Crippen LogP) is 3.29. The van der Waals surface area contributed by atoms with Crippen LogP contribution in [0.3, 0.4) is 0 Å². The molecule has 2 N–H and O–H groups in total. The lowest BCUT2D eigenvalue weighted by Crippen LogP contribution is -2.27. The van der Waals surface area contributed by atoms with Crippen LogP contribution in [0.4, 0.5) is 0 Å². The van der Waals surface area contributed by atoms with Crippen molar-refractivity contribution in [3.8, 4) is 0 Å². The molecule has 1 atom stereocenters. The van der Waals surface area contributed by atoms with E-state index in [-0.39, 0.29) is 0 Å². The molecule has 1 aromatic carbocycles. The molecular formula is C14H23ClN2. The molecule has 0 aliphatic rings. The highest BCUT2D eigenvalue weighted by Gasteiger charge is 2.04. The minimum atomic E-state index is 0.340. The van der Waals surface area contributed by atoms with Crippen LogP contribution < -0.4 is 5.73 Å². The van der Waals surface area contributed by atoms with E-state index in [0.29, 0.717) is 6.04 Å². The first-order valence-electron chi connectivity index (χ1n) is 6.30. The Balaban J connectivity index is 2.29. The Bertz CT molecular complexity index is 311. The van der Waals surface area contributed by atoms with Crippen LogP contribution in [0.5, 0.6) is 0 Å². The lowest BCUT2D eigenvalue weighted by atomic mass is 10.1. The summed E-state index contributed by atoms with van der Waals surface area (Å²) in [7, 11) is 2.13. The Hall–Kier alpha value is -0.570. The van der Waals surface area contributed by atoms with Crippen LogP contribution >= 0.6 is 11.6 Å². The molecule has 0 bridgehead atoms. The zero-order valence-corrected chi connectivity index (χ0v) is 11.6. The Kier molecular flexibility index (Phi) is 6.56. The van der Waals surface area contributed by atoms with Gasteiger partial charge in [0, 0.05) is 17.6 Å². The summed E-state index contributed by atoms with van der Waals surface area (Å²) < 4.78 is 0. The highest BCUT2D eigenvalue weighted by atomic mass is 35.5. The van der Waals surface area contributed by atoms with Crippen LogP contribution in [0.1, 0.15) is 31.7 Å². The van der Waals surface area contributed by atoms with Crippen LogP contribution in [-0.4, -0.2) is 24.5 Å². The van der Waals surface area contributed by atoms with Gasteiger partial charge in [-0.15, -0.1) is 0 Å². The van der Waals surface area contributed by atoms with E-state index in [9.17, 15) is 0 Å². The van der Waals surface area contributed by atoms with Crippen LogP contribution in [0.25, 0.3) is 0 Å². The molecule has 96 valence electrons. The van der Waals surface area contributed by atoms with Gasteiger partial charge in [0.1, 0.15) is 0 Å². The SMILES string of the molecule is CCCC(N)CCN(C)Cc1ccc(Cl)cc1. The van der Waals surface area contributed by atoms with E-state index < -0.39 is 0 Å². The van der Waals surface area contributed by atoms with E-state index in [1.54, 1.807) is 0 Å². The summed E-state index contributed by atoms with van der Waals surface area (Å²) in [5.74, 6) is 0. The topological polar surface area (TPSA) is 29.3 Å². The zero-order valence-electron chi connectivity index (χ0n) is 10.8. The monoisotopic (exact) mass is 254 g/mol. The van der Waals surface area contributed by atoms with Gasteiger partial charge < -0.3 is 10.6 Å². The Labute approximate surface area is 110 Å². The van der Waals surface area contributed by atoms with Crippen molar-refractivity contribution in [2.45, 2.75) is 38.8 Å². The van der Waals surface area contributed by atoms with Crippen LogP contribution in [0.2, 0.25) is 5.02 Å². The highest BCUT2D eigenvalue weighted by molar-refractivity contribution is 6.30. The zero-order chi connectivity index (χ0) is 12.7. The summed E-state index contributed by atoms with van der Waals surface area (Å²) in [6, 6.07) is 8.36. The standard InChI is InChI=1S/C14H23ClN2/c1-3-4-14(16)9-10-17(2)11-12-5-7-13(15)8-6-12/h5-8,14H,3-4,9-11,16H2,1-2H3. The van der Waals surface area contributed by atoms with Gasteiger partial charge in [0.2, 0.25) is 0 Å². The van der Waals surface area contributed by atoms with E-state index in [1.165, 1.54) is 12.0 Å². The van der Waals surface area contributed by atoms with Gasteiger partial charge in [-0.25, -0.2) is 0 Å². The first kappa shape index (κ1) is 14.5. The third kappa shape index (κ3) is 6.06. The van der Waals surface area contributed by atoms with Gasteiger partial charge in [-0.3, -0.25) is 0 Å². The van der Waals surface area contributed by atoms with Crippen molar-refractivity contribution in [2.75, 3.05) is 13.6 Å². The molecule has 2 nitrogen and oxygen atoms in total.